The number of rotatable bonds is 10. The fourth-order valence-electron chi connectivity index (χ4n) is 3.72. The molecular formula is C26H30N2O3S. The quantitative estimate of drug-likeness (QED) is 0.458. The average molecular weight is 451 g/mol. The number of hydrogen-bond acceptors (Lipinski definition) is 5. The molecule has 1 aromatic heterocycles. The largest absolute Gasteiger partial charge is 0.381 e. The van der Waals surface area contributed by atoms with E-state index in [0.717, 1.165) is 60.2 Å². The first-order chi connectivity index (χ1) is 15.8. The first-order valence-electron chi connectivity index (χ1n) is 11.2. The lowest BCUT2D eigenvalue weighted by Crippen LogP contribution is -2.35. The van der Waals surface area contributed by atoms with Gasteiger partial charge in [-0.3, -0.25) is 4.79 Å². The lowest BCUT2D eigenvalue weighted by Gasteiger charge is -2.28. The lowest BCUT2D eigenvalue weighted by atomic mass is 10.1. The molecule has 1 saturated heterocycles. The molecule has 32 heavy (non-hydrogen) atoms. The molecule has 5 nitrogen and oxygen atoms in total. The molecule has 0 spiro atoms. The highest BCUT2D eigenvalue weighted by atomic mass is 32.1. The van der Waals surface area contributed by atoms with E-state index in [0.29, 0.717) is 19.8 Å². The van der Waals surface area contributed by atoms with Gasteiger partial charge in [0.2, 0.25) is 0 Å². The minimum atomic E-state index is -0.0176. The summed E-state index contributed by atoms with van der Waals surface area (Å²) < 4.78 is 11.2. The summed E-state index contributed by atoms with van der Waals surface area (Å²) in [6.45, 7) is 5.09. The number of nitrogens with one attached hydrogen (secondary N) is 1. The molecule has 1 aliphatic rings. The van der Waals surface area contributed by atoms with E-state index in [-0.39, 0.29) is 5.91 Å². The van der Waals surface area contributed by atoms with E-state index in [9.17, 15) is 4.79 Å². The van der Waals surface area contributed by atoms with E-state index in [1.165, 1.54) is 5.56 Å². The Kier molecular flexibility index (Phi) is 8.31. The van der Waals surface area contributed by atoms with E-state index in [1.807, 2.05) is 42.5 Å². The van der Waals surface area contributed by atoms with Crippen LogP contribution in [0, 0.1) is 0 Å². The van der Waals surface area contributed by atoms with Crippen LogP contribution in [0.2, 0.25) is 0 Å². The number of ether oxygens (including phenoxy) is 2. The Bertz CT molecular complexity index is 969. The number of carbonyl (C=O) groups excluding carboxylic acids is 1. The minimum Gasteiger partial charge on any atom is -0.381 e. The summed E-state index contributed by atoms with van der Waals surface area (Å²) in [6, 6.07) is 22.6. The monoisotopic (exact) mass is 450 g/mol. The van der Waals surface area contributed by atoms with E-state index in [2.05, 4.69) is 34.5 Å². The van der Waals surface area contributed by atoms with Crippen LogP contribution in [-0.4, -0.2) is 52.0 Å². The molecule has 4 rings (SSSR count). The van der Waals surface area contributed by atoms with Gasteiger partial charge in [0, 0.05) is 31.8 Å². The Balaban J connectivity index is 1.29. The van der Waals surface area contributed by atoms with Crippen LogP contribution in [0.3, 0.4) is 0 Å². The Morgan fingerprint density at radius 2 is 1.72 bits per heavy atom. The molecule has 3 aromatic rings. The molecule has 1 N–H and O–H groups in total. The SMILES string of the molecule is O=C(NCCCOCCc1ccccc1)c1cc(-c2ccccc2)c(N2CCOCC2)s1. The van der Waals surface area contributed by atoms with Gasteiger partial charge in [0.05, 0.1) is 29.7 Å². The average Bonchev–Trinajstić information content (AvgIpc) is 3.31. The van der Waals surface area contributed by atoms with Gasteiger partial charge in [-0.2, -0.15) is 0 Å². The van der Waals surface area contributed by atoms with Crippen molar-refractivity contribution in [3.63, 3.8) is 0 Å². The number of benzene rings is 2. The van der Waals surface area contributed by atoms with Crippen LogP contribution in [0.15, 0.2) is 66.7 Å². The van der Waals surface area contributed by atoms with Crippen molar-refractivity contribution in [3.05, 3.63) is 77.2 Å². The van der Waals surface area contributed by atoms with Crippen LogP contribution in [0.5, 0.6) is 0 Å². The van der Waals surface area contributed by atoms with Crippen molar-refractivity contribution in [2.24, 2.45) is 0 Å². The van der Waals surface area contributed by atoms with Gasteiger partial charge < -0.3 is 19.7 Å². The van der Waals surface area contributed by atoms with Gasteiger partial charge in [-0.1, -0.05) is 60.7 Å². The molecule has 1 aliphatic heterocycles. The predicted octanol–water partition coefficient (Wildman–Crippen LogP) is 4.63. The summed E-state index contributed by atoms with van der Waals surface area (Å²) in [5.74, 6) is -0.0176. The second kappa shape index (κ2) is 11.8. The smallest absolute Gasteiger partial charge is 0.261 e. The summed E-state index contributed by atoms with van der Waals surface area (Å²) in [7, 11) is 0. The van der Waals surface area contributed by atoms with Crippen LogP contribution >= 0.6 is 11.3 Å². The maximum absolute atomic E-state index is 12.8. The Labute approximate surface area is 194 Å². The number of morpholine rings is 1. The second-order valence-corrected chi connectivity index (χ2v) is 8.78. The van der Waals surface area contributed by atoms with Crippen molar-refractivity contribution < 1.29 is 14.3 Å². The van der Waals surface area contributed by atoms with Gasteiger partial charge in [-0.05, 0) is 30.0 Å². The molecule has 0 unspecified atom stereocenters. The molecule has 168 valence electrons. The van der Waals surface area contributed by atoms with Crippen molar-refractivity contribution in [2.75, 3.05) is 51.0 Å². The number of nitrogens with zero attached hydrogens (tertiary/aromatic N) is 1. The third kappa shape index (κ3) is 6.19. The molecular weight excluding hydrogens is 420 g/mol. The molecule has 1 amide bonds. The zero-order valence-corrected chi connectivity index (χ0v) is 19.1. The second-order valence-electron chi connectivity index (χ2n) is 7.75. The maximum Gasteiger partial charge on any atom is 0.261 e. The third-order valence-corrected chi connectivity index (χ3v) is 6.64. The fraction of sp³-hybridized carbons (Fsp3) is 0.346. The van der Waals surface area contributed by atoms with Crippen LogP contribution in [0.1, 0.15) is 21.7 Å². The molecule has 0 bridgehead atoms. The molecule has 0 aliphatic carbocycles. The zero-order chi connectivity index (χ0) is 22.0. The fourth-order valence-corrected chi connectivity index (χ4v) is 4.87. The first kappa shape index (κ1) is 22.5. The Morgan fingerprint density at radius 1 is 1.00 bits per heavy atom. The van der Waals surface area contributed by atoms with Gasteiger partial charge >= 0.3 is 0 Å². The van der Waals surface area contributed by atoms with E-state index < -0.39 is 0 Å². The Hall–Kier alpha value is -2.67. The van der Waals surface area contributed by atoms with Gasteiger partial charge in [-0.25, -0.2) is 0 Å². The molecule has 0 atom stereocenters. The number of thiophene rings is 1. The molecule has 0 saturated carbocycles. The number of hydrogen-bond donors (Lipinski definition) is 1. The zero-order valence-electron chi connectivity index (χ0n) is 18.3. The van der Waals surface area contributed by atoms with Crippen LogP contribution in [0.4, 0.5) is 5.00 Å². The van der Waals surface area contributed by atoms with Crippen molar-refractivity contribution in [2.45, 2.75) is 12.8 Å². The highest BCUT2D eigenvalue weighted by Crippen LogP contribution is 2.39. The number of amides is 1. The van der Waals surface area contributed by atoms with Gasteiger partial charge in [0.15, 0.2) is 0 Å². The molecule has 0 radical (unpaired) electrons. The van der Waals surface area contributed by atoms with Gasteiger partial charge in [0.1, 0.15) is 0 Å². The summed E-state index contributed by atoms with van der Waals surface area (Å²) in [4.78, 5) is 15.9. The van der Waals surface area contributed by atoms with E-state index in [1.54, 1.807) is 11.3 Å². The molecule has 2 heterocycles. The number of carbonyl (C=O) groups is 1. The summed E-state index contributed by atoms with van der Waals surface area (Å²) in [6.07, 6.45) is 1.71. The highest BCUT2D eigenvalue weighted by Gasteiger charge is 2.21. The summed E-state index contributed by atoms with van der Waals surface area (Å²) in [5, 5.41) is 4.20. The van der Waals surface area contributed by atoms with Crippen molar-refractivity contribution in [1.29, 1.82) is 0 Å². The van der Waals surface area contributed by atoms with Crippen LogP contribution in [0.25, 0.3) is 11.1 Å². The maximum atomic E-state index is 12.8. The minimum absolute atomic E-state index is 0.0176. The predicted molar refractivity (Wildman–Crippen MR) is 131 cm³/mol. The van der Waals surface area contributed by atoms with Crippen molar-refractivity contribution >= 4 is 22.2 Å². The topological polar surface area (TPSA) is 50.8 Å². The summed E-state index contributed by atoms with van der Waals surface area (Å²) >= 11 is 1.57. The van der Waals surface area contributed by atoms with Crippen molar-refractivity contribution in [3.8, 4) is 11.1 Å². The molecule has 6 heteroatoms. The highest BCUT2D eigenvalue weighted by molar-refractivity contribution is 7.18. The number of anilines is 1. The third-order valence-electron chi connectivity index (χ3n) is 5.45. The molecule has 1 fully saturated rings. The van der Waals surface area contributed by atoms with Crippen LogP contribution in [-0.2, 0) is 15.9 Å². The van der Waals surface area contributed by atoms with E-state index in [4.69, 9.17) is 9.47 Å². The van der Waals surface area contributed by atoms with Gasteiger partial charge in [0.25, 0.3) is 5.91 Å². The van der Waals surface area contributed by atoms with Crippen LogP contribution < -0.4 is 10.2 Å². The Morgan fingerprint density at radius 3 is 2.47 bits per heavy atom. The van der Waals surface area contributed by atoms with Gasteiger partial charge in [-0.15, -0.1) is 11.3 Å². The normalized spacial score (nSPS) is 13.8. The first-order valence-corrected chi connectivity index (χ1v) is 12.0. The standard InChI is InChI=1S/C26H30N2O3S/c29-25(27-13-7-16-30-17-12-21-8-3-1-4-9-21)24-20-23(22-10-5-2-6-11-22)26(32-24)28-14-18-31-19-15-28/h1-6,8-11,20H,7,12-19H2,(H,27,29). The van der Waals surface area contributed by atoms with E-state index >= 15 is 0 Å². The molecule has 2 aromatic carbocycles. The van der Waals surface area contributed by atoms with Crippen molar-refractivity contribution in [1.82, 2.24) is 5.32 Å². The lowest BCUT2D eigenvalue weighted by molar-refractivity contribution is 0.0946. The summed E-state index contributed by atoms with van der Waals surface area (Å²) in [5.41, 5.74) is 3.53.